The van der Waals surface area contributed by atoms with Crippen LogP contribution in [0.3, 0.4) is 0 Å². The van der Waals surface area contributed by atoms with Gasteiger partial charge in [-0.1, -0.05) is 42.5 Å². The van der Waals surface area contributed by atoms with Gasteiger partial charge < -0.3 is 25.2 Å². The normalized spacial score (nSPS) is 17.8. The van der Waals surface area contributed by atoms with E-state index in [9.17, 15) is 14.7 Å². The zero-order valence-corrected chi connectivity index (χ0v) is 15.5. The van der Waals surface area contributed by atoms with Gasteiger partial charge in [0.05, 0.1) is 30.9 Å². The fourth-order valence-corrected chi connectivity index (χ4v) is 3.23. The van der Waals surface area contributed by atoms with Gasteiger partial charge in [0.2, 0.25) is 0 Å². The number of aliphatic hydroxyl groups excluding tert-OH is 1. The Bertz CT molecular complexity index is 794. The van der Waals surface area contributed by atoms with Crippen LogP contribution in [0.25, 0.3) is 0 Å². The van der Waals surface area contributed by atoms with Crippen LogP contribution in [0.15, 0.2) is 54.6 Å². The van der Waals surface area contributed by atoms with Gasteiger partial charge in [0.25, 0.3) is 0 Å². The van der Waals surface area contributed by atoms with Crippen LogP contribution in [0, 0.1) is 0 Å². The first kappa shape index (κ1) is 19.9. The van der Waals surface area contributed by atoms with Crippen molar-refractivity contribution in [1.29, 1.82) is 0 Å². The molecule has 0 spiro atoms. The van der Waals surface area contributed by atoms with Crippen LogP contribution in [0.5, 0.6) is 0 Å². The first-order chi connectivity index (χ1) is 13.5. The molecule has 1 fully saturated rings. The predicted octanol–water partition coefficient (Wildman–Crippen LogP) is 2.42. The second-order valence-corrected chi connectivity index (χ2v) is 6.75. The number of nitrogens with zero attached hydrogens (tertiary/aromatic N) is 1. The molecule has 1 saturated heterocycles. The average Bonchev–Trinajstić information content (AvgIpc) is 2.73. The number of carboxylic acids is 1. The van der Waals surface area contributed by atoms with E-state index in [-0.39, 0.29) is 17.6 Å². The Morgan fingerprint density at radius 2 is 1.86 bits per heavy atom. The molecule has 2 atom stereocenters. The van der Waals surface area contributed by atoms with Crippen molar-refractivity contribution in [3.63, 3.8) is 0 Å². The van der Waals surface area contributed by atoms with Crippen LogP contribution in [0.2, 0.25) is 0 Å². The van der Waals surface area contributed by atoms with E-state index in [2.05, 4.69) is 5.32 Å². The Morgan fingerprint density at radius 3 is 2.54 bits per heavy atom. The predicted molar refractivity (Wildman–Crippen MR) is 103 cm³/mol. The topological polar surface area (TPSA) is 99.1 Å². The highest BCUT2D eigenvalue weighted by atomic mass is 16.5. The third-order valence-corrected chi connectivity index (χ3v) is 4.81. The zero-order valence-electron chi connectivity index (χ0n) is 15.5. The van der Waals surface area contributed by atoms with Crippen LogP contribution in [0.4, 0.5) is 4.79 Å². The number of urea groups is 1. The summed E-state index contributed by atoms with van der Waals surface area (Å²) in [6.07, 6.45) is -0.281. The summed E-state index contributed by atoms with van der Waals surface area (Å²) in [5.41, 5.74) is 1.83. The van der Waals surface area contributed by atoms with Crippen LogP contribution in [0.1, 0.15) is 34.0 Å². The molecular weight excluding hydrogens is 360 g/mol. The molecule has 7 heteroatoms. The minimum Gasteiger partial charge on any atom is -0.478 e. The Labute approximate surface area is 163 Å². The molecule has 148 valence electrons. The molecule has 7 nitrogen and oxygen atoms in total. The number of amides is 2. The number of carboxylic acid groups (broad SMARTS) is 1. The molecule has 1 aliphatic rings. The Morgan fingerprint density at radius 1 is 1.14 bits per heavy atom. The number of aliphatic hydroxyl groups is 1. The van der Waals surface area contributed by atoms with Crippen molar-refractivity contribution in [3.05, 3.63) is 71.3 Å². The number of aromatic carboxylic acids is 1. The molecule has 3 rings (SSSR count). The smallest absolute Gasteiger partial charge is 0.335 e. The first-order valence-electron chi connectivity index (χ1n) is 9.22. The summed E-state index contributed by atoms with van der Waals surface area (Å²) in [5.74, 6) is -0.983. The summed E-state index contributed by atoms with van der Waals surface area (Å²) in [4.78, 5) is 25.3. The maximum atomic E-state index is 12.7. The molecule has 1 heterocycles. The number of carbonyl (C=O) groups excluding carboxylic acids is 1. The molecule has 1 aliphatic heterocycles. The minimum atomic E-state index is -0.983. The van der Waals surface area contributed by atoms with Gasteiger partial charge in [-0.25, -0.2) is 9.59 Å². The number of hydrogen-bond acceptors (Lipinski definition) is 4. The number of nitrogens with one attached hydrogen (secondary N) is 1. The molecule has 2 amide bonds. The Kier molecular flexibility index (Phi) is 6.62. The van der Waals surface area contributed by atoms with Crippen LogP contribution >= 0.6 is 0 Å². The highest BCUT2D eigenvalue weighted by Gasteiger charge is 2.29. The van der Waals surface area contributed by atoms with E-state index in [1.165, 1.54) is 12.1 Å². The molecule has 0 aromatic heterocycles. The number of morpholine rings is 1. The maximum Gasteiger partial charge on any atom is 0.335 e. The van der Waals surface area contributed by atoms with Gasteiger partial charge in [0.15, 0.2) is 0 Å². The second-order valence-electron chi connectivity index (χ2n) is 6.75. The van der Waals surface area contributed by atoms with E-state index >= 15 is 0 Å². The molecule has 2 aromatic rings. The average molecular weight is 384 g/mol. The van der Waals surface area contributed by atoms with Crippen molar-refractivity contribution < 1.29 is 24.5 Å². The second kappa shape index (κ2) is 9.34. The fraction of sp³-hybridized carbons (Fsp3) is 0.333. The maximum absolute atomic E-state index is 12.7. The van der Waals surface area contributed by atoms with Gasteiger partial charge in [0.1, 0.15) is 0 Å². The molecule has 28 heavy (non-hydrogen) atoms. The van der Waals surface area contributed by atoms with E-state index in [4.69, 9.17) is 9.84 Å². The van der Waals surface area contributed by atoms with Crippen molar-refractivity contribution >= 4 is 12.0 Å². The third-order valence-electron chi connectivity index (χ3n) is 4.81. The summed E-state index contributed by atoms with van der Waals surface area (Å²) in [7, 11) is 0. The fourth-order valence-electron chi connectivity index (χ4n) is 3.23. The monoisotopic (exact) mass is 384 g/mol. The summed E-state index contributed by atoms with van der Waals surface area (Å²) >= 11 is 0. The summed E-state index contributed by atoms with van der Waals surface area (Å²) in [6.45, 7) is 1.59. The van der Waals surface area contributed by atoms with E-state index in [1.54, 1.807) is 17.0 Å². The summed E-state index contributed by atoms with van der Waals surface area (Å²) < 4.78 is 5.51. The summed E-state index contributed by atoms with van der Waals surface area (Å²) in [6, 6.07) is 15.3. The highest BCUT2D eigenvalue weighted by Crippen LogP contribution is 2.22. The van der Waals surface area contributed by atoms with Gasteiger partial charge in [-0.2, -0.15) is 0 Å². The van der Waals surface area contributed by atoms with Crippen molar-refractivity contribution in [2.24, 2.45) is 0 Å². The Balaban J connectivity index is 1.58. The number of ether oxygens (including phenoxy) is 1. The van der Waals surface area contributed by atoms with Gasteiger partial charge in [0, 0.05) is 19.5 Å². The first-order valence-corrected chi connectivity index (χ1v) is 9.22. The lowest BCUT2D eigenvalue weighted by Crippen LogP contribution is -2.52. The number of rotatable bonds is 6. The molecule has 0 saturated carbocycles. The van der Waals surface area contributed by atoms with E-state index in [0.29, 0.717) is 32.7 Å². The largest absolute Gasteiger partial charge is 0.478 e. The molecule has 0 bridgehead atoms. The van der Waals surface area contributed by atoms with Crippen molar-refractivity contribution in [3.8, 4) is 0 Å². The minimum absolute atomic E-state index is 0.207. The molecular formula is C21H24N2O5. The van der Waals surface area contributed by atoms with Gasteiger partial charge in [-0.05, 0) is 23.3 Å². The highest BCUT2D eigenvalue weighted by molar-refractivity contribution is 5.87. The van der Waals surface area contributed by atoms with Crippen molar-refractivity contribution in [2.75, 3.05) is 19.8 Å². The molecule has 3 N–H and O–H groups in total. The summed E-state index contributed by atoms with van der Waals surface area (Å²) in [5, 5.41) is 22.3. The number of benzene rings is 2. The van der Waals surface area contributed by atoms with Gasteiger partial charge in [-0.15, -0.1) is 0 Å². The number of carbonyl (C=O) groups is 2. The SMILES string of the molecule is O=C(O)c1ccc(CNC(=O)N2CCOCC2CC(O)c2ccccc2)cc1. The van der Waals surface area contributed by atoms with E-state index in [0.717, 1.165) is 11.1 Å². The van der Waals surface area contributed by atoms with Crippen molar-refractivity contribution in [1.82, 2.24) is 10.2 Å². The molecule has 2 aromatic carbocycles. The van der Waals surface area contributed by atoms with Gasteiger partial charge in [-0.3, -0.25) is 0 Å². The van der Waals surface area contributed by atoms with Crippen LogP contribution < -0.4 is 5.32 Å². The lowest BCUT2D eigenvalue weighted by molar-refractivity contribution is -0.00698. The quantitative estimate of drug-likeness (QED) is 0.710. The molecule has 0 radical (unpaired) electrons. The van der Waals surface area contributed by atoms with E-state index < -0.39 is 12.1 Å². The lowest BCUT2D eigenvalue weighted by Gasteiger charge is -2.36. The molecule has 2 unspecified atom stereocenters. The van der Waals surface area contributed by atoms with Crippen LogP contribution in [-0.4, -0.2) is 52.9 Å². The Hall–Kier alpha value is -2.90. The van der Waals surface area contributed by atoms with Gasteiger partial charge >= 0.3 is 12.0 Å². The van der Waals surface area contributed by atoms with E-state index in [1.807, 2.05) is 30.3 Å². The number of hydrogen-bond donors (Lipinski definition) is 3. The molecule has 0 aliphatic carbocycles. The lowest BCUT2D eigenvalue weighted by atomic mass is 10.0. The van der Waals surface area contributed by atoms with Crippen LogP contribution in [-0.2, 0) is 11.3 Å². The van der Waals surface area contributed by atoms with Crippen molar-refractivity contribution in [2.45, 2.75) is 25.1 Å². The third kappa shape index (κ3) is 5.09. The standard InChI is InChI=1S/C21H24N2O5/c24-19(16-4-2-1-3-5-16)12-18-14-28-11-10-23(18)21(27)22-13-15-6-8-17(9-7-15)20(25)26/h1-9,18-19,24H,10-14H2,(H,22,27)(H,25,26). The zero-order chi connectivity index (χ0) is 19.9.